The smallest absolute Gasteiger partial charge is 0.338 e. The molecule has 4 atom stereocenters. The first-order valence-corrected chi connectivity index (χ1v) is 11.8. The van der Waals surface area contributed by atoms with Crippen molar-refractivity contribution in [2.45, 2.75) is 25.0 Å². The van der Waals surface area contributed by atoms with Crippen LogP contribution in [0.25, 0.3) is 0 Å². The third kappa shape index (κ3) is 3.97. The monoisotopic (exact) mass is 505 g/mol. The molecule has 0 aromatic heterocycles. The molecule has 3 aromatic carbocycles. The summed E-state index contributed by atoms with van der Waals surface area (Å²) in [6.45, 7) is 2.10. The van der Waals surface area contributed by atoms with E-state index in [1.54, 1.807) is 19.1 Å². The van der Waals surface area contributed by atoms with Crippen molar-refractivity contribution in [3.63, 3.8) is 0 Å². The Morgan fingerprint density at radius 1 is 0.909 bits per heavy atom. The minimum Gasteiger partial charge on any atom is -0.462 e. The number of hydrogen-bond donors (Lipinski definition) is 2. The van der Waals surface area contributed by atoms with Gasteiger partial charge in [-0.1, -0.05) is 58.4 Å². The second-order valence-corrected chi connectivity index (χ2v) is 9.12. The molecule has 0 saturated carbocycles. The first-order chi connectivity index (χ1) is 16.1. The van der Waals surface area contributed by atoms with Gasteiger partial charge in [0.15, 0.2) is 0 Å². The topological polar surface area (TPSA) is 70.7 Å². The van der Waals surface area contributed by atoms with Crippen molar-refractivity contribution in [3.05, 3.63) is 100 Å². The summed E-state index contributed by atoms with van der Waals surface area (Å²) in [4.78, 5) is 27.6. The van der Waals surface area contributed by atoms with Gasteiger partial charge in [0.25, 0.3) is 0 Å². The van der Waals surface area contributed by atoms with E-state index in [0.717, 1.165) is 21.3 Å². The number of ether oxygens (including phenoxy) is 1. The van der Waals surface area contributed by atoms with E-state index in [4.69, 9.17) is 4.74 Å². The largest absolute Gasteiger partial charge is 0.462 e. The lowest BCUT2D eigenvalue weighted by Gasteiger charge is -2.31. The van der Waals surface area contributed by atoms with Gasteiger partial charge in [0.1, 0.15) is 6.04 Å². The first-order valence-electron chi connectivity index (χ1n) is 11.0. The number of carbonyl (C=O) groups excluding carboxylic acids is 2. The van der Waals surface area contributed by atoms with E-state index in [0.29, 0.717) is 12.2 Å². The molecule has 2 aliphatic heterocycles. The van der Waals surface area contributed by atoms with Gasteiger partial charge in [0, 0.05) is 16.1 Å². The summed E-state index contributed by atoms with van der Waals surface area (Å²) in [7, 11) is 0. The van der Waals surface area contributed by atoms with Gasteiger partial charge in [0.05, 0.1) is 24.3 Å². The Labute approximate surface area is 201 Å². The van der Waals surface area contributed by atoms with Crippen LogP contribution in [0.2, 0.25) is 0 Å². The van der Waals surface area contributed by atoms with Gasteiger partial charge < -0.3 is 9.64 Å². The molecule has 1 amide bonds. The minimum atomic E-state index is -0.367. The molecule has 168 valence electrons. The molecule has 33 heavy (non-hydrogen) atoms. The summed E-state index contributed by atoms with van der Waals surface area (Å²) >= 11 is 3.52. The van der Waals surface area contributed by atoms with Gasteiger partial charge in [-0.05, 0) is 54.4 Å². The number of rotatable bonds is 5. The number of hydrazine groups is 1. The van der Waals surface area contributed by atoms with Crippen molar-refractivity contribution >= 4 is 33.5 Å². The van der Waals surface area contributed by atoms with E-state index in [-0.39, 0.29) is 35.9 Å². The molecule has 5 rings (SSSR count). The van der Waals surface area contributed by atoms with E-state index in [1.807, 2.05) is 47.4 Å². The highest BCUT2D eigenvalue weighted by molar-refractivity contribution is 9.10. The third-order valence-electron chi connectivity index (χ3n) is 6.34. The van der Waals surface area contributed by atoms with E-state index < -0.39 is 0 Å². The predicted octanol–water partition coefficient (Wildman–Crippen LogP) is 4.55. The summed E-state index contributed by atoms with van der Waals surface area (Å²) in [5.74, 6) is -0.387. The van der Waals surface area contributed by atoms with Crippen LogP contribution in [0.3, 0.4) is 0 Å². The number of amides is 1. The SMILES string of the molecule is CCOC(=O)c1ccc(N2C(=O)C3NNC(c4ccccc4)C3C2c2ccc(Br)cc2)cc1. The molecule has 3 aromatic rings. The molecule has 4 unspecified atom stereocenters. The van der Waals surface area contributed by atoms with Crippen LogP contribution in [0.15, 0.2) is 83.3 Å². The summed E-state index contributed by atoms with van der Waals surface area (Å²) in [5, 5.41) is 0. The molecule has 2 N–H and O–H groups in total. The Bertz CT molecular complexity index is 1150. The van der Waals surface area contributed by atoms with Gasteiger partial charge in [-0.25, -0.2) is 15.6 Å². The maximum Gasteiger partial charge on any atom is 0.338 e. The number of halogens is 1. The zero-order valence-corrected chi connectivity index (χ0v) is 19.7. The minimum absolute atomic E-state index is 0.00253. The van der Waals surface area contributed by atoms with Crippen molar-refractivity contribution in [2.24, 2.45) is 5.92 Å². The number of benzene rings is 3. The quantitative estimate of drug-likeness (QED) is 0.497. The zero-order chi connectivity index (χ0) is 22.9. The van der Waals surface area contributed by atoms with Crippen molar-refractivity contribution in [1.29, 1.82) is 0 Å². The maximum atomic E-state index is 13.7. The number of nitrogens with one attached hydrogen (secondary N) is 2. The predicted molar refractivity (Wildman–Crippen MR) is 129 cm³/mol. The van der Waals surface area contributed by atoms with Crippen LogP contribution in [0.4, 0.5) is 5.69 Å². The van der Waals surface area contributed by atoms with Crippen LogP contribution >= 0.6 is 15.9 Å². The molecule has 0 bridgehead atoms. The normalized spacial score (nSPS) is 24.1. The number of anilines is 1. The highest BCUT2D eigenvalue weighted by Crippen LogP contribution is 2.49. The number of esters is 1. The highest BCUT2D eigenvalue weighted by Gasteiger charge is 2.55. The Morgan fingerprint density at radius 2 is 1.58 bits per heavy atom. The van der Waals surface area contributed by atoms with E-state index >= 15 is 0 Å². The van der Waals surface area contributed by atoms with Gasteiger partial charge >= 0.3 is 5.97 Å². The molecule has 6 nitrogen and oxygen atoms in total. The van der Waals surface area contributed by atoms with Crippen LogP contribution in [-0.2, 0) is 9.53 Å². The van der Waals surface area contributed by atoms with Crippen molar-refractivity contribution in [3.8, 4) is 0 Å². The average Bonchev–Trinajstić information content (AvgIpc) is 3.39. The number of hydrogen-bond acceptors (Lipinski definition) is 5. The molecule has 2 saturated heterocycles. The Hall–Kier alpha value is -3.00. The van der Waals surface area contributed by atoms with E-state index in [9.17, 15) is 9.59 Å². The van der Waals surface area contributed by atoms with Crippen molar-refractivity contribution in [2.75, 3.05) is 11.5 Å². The summed E-state index contributed by atoms with van der Waals surface area (Å²) in [6.07, 6.45) is 0. The number of fused-ring (bicyclic) bond motifs is 1. The molecule has 0 spiro atoms. The van der Waals surface area contributed by atoms with Crippen LogP contribution in [0.5, 0.6) is 0 Å². The van der Waals surface area contributed by atoms with E-state index in [1.165, 1.54) is 0 Å². The second kappa shape index (κ2) is 9.09. The van der Waals surface area contributed by atoms with Crippen LogP contribution in [-0.4, -0.2) is 24.5 Å². The van der Waals surface area contributed by atoms with Crippen LogP contribution < -0.4 is 15.8 Å². The van der Waals surface area contributed by atoms with Gasteiger partial charge in [-0.2, -0.15) is 0 Å². The Kier molecular flexibility index (Phi) is 6.01. The summed E-state index contributed by atoms with van der Waals surface area (Å²) in [6, 6.07) is 24.8. The van der Waals surface area contributed by atoms with Crippen LogP contribution in [0, 0.1) is 5.92 Å². The zero-order valence-electron chi connectivity index (χ0n) is 18.1. The van der Waals surface area contributed by atoms with Gasteiger partial charge in [-0.3, -0.25) is 4.79 Å². The first kappa shape index (κ1) is 21.8. The third-order valence-corrected chi connectivity index (χ3v) is 6.87. The standard InChI is InChI=1S/C26H24BrN3O3/c1-2-33-26(32)18-10-14-20(15-11-18)30-24(17-8-12-19(27)13-9-17)21-22(16-6-4-3-5-7-16)28-29-23(21)25(30)31/h3-15,21-24,28-29H,2H2,1H3. The number of nitrogens with zero attached hydrogens (tertiary/aromatic N) is 1. The molecule has 0 radical (unpaired) electrons. The lowest BCUT2D eigenvalue weighted by molar-refractivity contribution is -0.119. The summed E-state index contributed by atoms with van der Waals surface area (Å²) in [5.41, 5.74) is 10.0. The fraction of sp³-hybridized carbons (Fsp3) is 0.231. The molecular weight excluding hydrogens is 482 g/mol. The van der Waals surface area contributed by atoms with Gasteiger partial charge in [0.2, 0.25) is 5.91 Å². The summed E-state index contributed by atoms with van der Waals surface area (Å²) < 4.78 is 6.08. The van der Waals surface area contributed by atoms with Crippen molar-refractivity contribution in [1.82, 2.24) is 10.9 Å². The fourth-order valence-corrected chi connectivity index (χ4v) is 5.14. The lowest BCUT2D eigenvalue weighted by Crippen LogP contribution is -2.41. The average molecular weight is 506 g/mol. The molecule has 2 heterocycles. The lowest BCUT2D eigenvalue weighted by atomic mass is 9.83. The van der Waals surface area contributed by atoms with E-state index in [2.05, 4.69) is 51.0 Å². The maximum absolute atomic E-state index is 13.7. The fourth-order valence-electron chi connectivity index (χ4n) is 4.87. The molecular formula is C26H24BrN3O3. The molecule has 2 aliphatic rings. The molecule has 2 fully saturated rings. The van der Waals surface area contributed by atoms with Crippen molar-refractivity contribution < 1.29 is 14.3 Å². The Balaban J connectivity index is 1.56. The molecule has 0 aliphatic carbocycles. The second-order valence-electron chi connectivity index (χ2n) is 8.20. The Morgan fingerprint density at radius 3 is 2.24 bits per heavy atom. The molecule has 7 heteroatoms. The number of carbonyl (C=O) groups is 2. The highest BCUT2D eigenvalue weighted by atomic mass is 79.9. The van der Waals surface area contributed by atoms with Crippen LogP contribution in [0.1, 0.15) is 40.5 Å². The van der Waals surface area contributed by atoms with Gasteiger partial charge in [-0.15, -0.1) is 0 Å².